The fraction of sp³-hybridized carbons (Fsp3) is 0. The SMILES string of the molecule is C=CS(=O)c1cccc(C(N)=O)n1. The molecular weight excluding hydrogens is 188 g/mol. The van der Waals surface area contributed by atoms with Crippen LogP contribution < -0.4 is 5.73 Å². The van der Waals surface area contributed by atoms with E-state index in [1.807, 2.05) is 0 Å². The van der Waals surface area contributed by atoms with Gasteiger partial charge in [0.25, 0.3) is 5.91 Å². The maximum absolute atomic E-state index is 11.2. The van der Waals surface area contributed by atoms with Crippen molar-refractivity contribution in [3.05, 3.63) is 35.9 Å². The van der Waals surface area contributed by atoms with E-state index in [0.717, 1.165) is 0 Å². The van der Waals surface area contributed by atoms with Crippen LogP contribution in [-0.4, -0.2) is 15.1 Å². The molecule has 0 saturated carbocycles. The van der Waals surface area contributed by atoms with Crippen molar-refractivity contribution in [3.63, 3.8) is 0 Å². The van der Waals surface area contributed by atoms with Crippen molar-refractivity contribution in [3.8, 4) is 0 Å². The van der Waals surface area contributed by atoms with Crippen molar-refractivity contribution in [2.75, 3.05) is 0 Å². The normalized spacial score (nSPS) is 12.0. The molecule has 0 aliphatic heterocycles. The van der Waals surface area contributed by atoms with Gasteiger partial charge in [0.05, 0.1) is 10.8 Å². The van der Waals surface area contributed by atoms with Crippen LogP contribution in [0.3, 0.4) is 0 Å². The second kappa shape index (κ2) is 3.95. The summed E-state index contributed by atoms with van der Waals surface area (Å²) in [5.41, 5.74) is 5.10. The van der Waals surface area contributed by atoms with Crippen LogP contribution in [0, 0.1) is 0 Å². The molecule has 0 aromatic carbocycles. The highest BCUT2D eigenvalue weighted by Crippen LogP contribution is 2.04. The van der Waals surface area contributed by atoms with Gasteiger partial charge in [-0.25, -0.2) is 9.19 Å². The van der Waals surface area contributed by atoms with Crippen molar-refractivity contribution < 1.29 is 9.00 Å². The number of primary amides is 1. The Balaban J connectivity index is 3.12. The van der Waals surface area contributed by atoms with E-state index in [2.05, 4.69) is 11.6 Å². The molecule has 0 saturated heterocycles. The van der Waals surface area contributed by atoms with Gasteiger partial charge in [-0.3, -0.25) is 4.79 Å². The first-order valence-corrected chi connectivity index (χ1v) is 4.66. The van der Waals surface area contributed by atoms with Gasteiger partial charge in [0.15, 0.2) is 0 Å². The van der Waals surface area contributed by atoms with E-state index in [0.29, 0.717) is 0 Å². The molecule has 5 heteroatoms. The first kappa shape index (κ1) is 9.60. The third-order valence-corrected chi connectivity index (χ3v) is 2.28. The number of rotatable bonds is 3. The molecule has 1 atom stereocenters. The third-order valence-electron chi connectivity index (χ3n) is 1.33. The molecule has 1 rings (SSSR count). The van der Waals surface area contributed by atoms with Gasteiger partial charge in [-0.1, -0.05) is 12.6 Å². The first-order chi connectivity index (χ1) is 6.15. The largest absolute Gasteiger partial charge is 0.364 e. The lowest BCUT2D eigenvalue weighted by Crippen LogP contribution is -2.13. The Morgan fingerprint density at radius 1 is 1.62 bits per heavy atom. The molecule has 4 nitrogen and oxygen atoms in total. The molecule has 0 aliphatic carbocycles. The van der Waals surface area contributed by atoms with Crippen LogP contribution in [0.5, 0.6) is 0 Å². The lowest BCUT2D eigenvalue weighted by atomic mass is 10.3. The summed E-state index contributed by atoms with van der Waals surface area (Å²) in [4.78, 5) is 14.5. The van der Waals surface area contributed by atoms with Crippen molar-refractivity contribution in [2.24, 2.45) is 5.73 Å². The number of aromatic nitrogens is 1. The fourth-order valence-electron chi connectivity index (χ4n) is 0.749. The topological polar surface area (TPSA) is 73.1 Å². The van der Waals surface area contributed by atoms with Gasteiger partial charge in [-0.05, 0) is 12.1 Å². The van der Waals surface area contributed by atoms with E-state index in [9.17, 15) is 9.00 Å². The van der Waals surface area contributed by atoms with Crippen LogP contribution in [-0.2, 0) is 10.8 Å². The van der Waals surface area contributed by atoms with Gasteiger partial charge in [-0.2, -0.15) is 0 Å². The minimum absolute atomic E-state index is 0.104. The maximum Gasteiger partial charge on any atom is 0.267 e. The number of hydrogen-bond acceptors (Lipinski definition) is 3. The van der Waals surface area contributed by atoms with Crippen molar-refractivity contribution >= 4 is 16.7 Å². The van der Waals surface area contributed by atoms with E-state index in [4.69, 9.17) is 5.73 Å². The van der Waals surface area contributed by atoms with Crippen molar-refractivity contribution in [1.82, 2.24) is 4.98 Å². The molecule has 0 fully saturated rings. The van der Waals surface area contributed by atoms with Crippen LogP contribution >= 0.6 is 0 Å². The third kappa shape index (κ3) is 2.22. The van der Waals surface area contributed by atoms with E-state index in [1.165, 1.54) is 11.5 Å². The molecule has 13 heavy (non-hydrogen) atoms. The summed E-state index contributed by atoms with van der Waals surface area (Å²) in [7, 11) is -1.37. The molecule has 2 N–H and O–H groups in total. The highest BCUT2D eigenvalue weighted by Gasteiger charge is 2.05. The summed E-state index contributed by atoms with van der Waals surface area (Å²) in [6.45, 7) is 3.36. The second-order valence-corrected chi connectivity index (χ2v) is 3.54. The standard InChI is InChI=1S/C8H8N2O2S/c1-2-13(12)7-5-3-4-6(10-7)8(9)11/h2-5H,1H2,(H2,9,11). The minimum atomic E-state index is -1.37. The van der Waals surface area contributed by atoms with Gasteiger partial charge in [0, 0.05) is 5.41 Å². The Labute approximate surface area is 77.9 Å². The maximum atomic E-state index is 11.2. The smallest absolute Gasteiger partial charge is 0.267 e. The van der Waals surface area contributed by atoms with Crippen LogP contribution in [0.15, 0.2) is 35.2 Å². The molecule has 68 valence electrons. The van der Waals surface area contributed by atoms with Crippen LogP contribution in [0.25, 0.3) is 0 Å². The van der Waals surface area contributed by atoms with Crippen LogP contribution in [0.1, 0.15) is 10.5 Å². The summed E-state index contributed by atoms with van der Waals surface area (Å²) in [6.07, 6.45) is 0. The number of hydrogen-bond donors (Lipinski definition) is 1. The summed E-state index contributed by atoms with van der Waals surface area (Å²) in [5, 5.41) is 1.53. The molecule has 1 aromatic rings. The number of carbonyl (C=O) groups excluding carboxylic acids is 1. The van der Waals surface area contributed by atoms with Crippen LogP contribution in [0.4, 0.5) is 0 Å². The average molecular weight is 196 g/mol. The number of nitrogens with zero attached hydrogens (tertiary/aromatic N) is 1. The molecule has 0 aliphatic rings. The van der Waals surface area contributed by atoms with Crippen molar-refractivity contribution in [1.29, 1.82) is 0 Å². The zero-order valence-corrected chi connectivity index (χ0v) is 7.58. The zero-order valence-electron chi connectivity index (χ0n) is 6.77. The van der Waals surface area contributed by atoms with E-state index < -0.39 is 16.7 Å². The molecule has 0 radical (unpaired) electrons. The molecule has 1 amide bonds. The van der Waals surface area contributed by atoms with Crippen molar-refractivity contribution in [2.45, 2.75) is 5.03 Å². The molecule has 0 bridgehead atoms. The monoisotopic (exact) mass is 196 g/mol. The Morgan fingerprint density at radius 2 is 2.31 bits per heavy atom. The highest BCUT2D eigenvalue weighted by atomic mass is 32.2. The second-order valence-electron chi connectivity index (χ2n) is 2.19. The lowest BCUT2D eigenvalue weighted by Gasteiger charge is -1.97. The summed E-state index contributed by atoms with van der Waals surface area (Å²) in [5.74, 6) is -0.636. The Morgan fingerprint density at radius 3 is 2.85 bits per heavy atom. The number of pyridine rings is 1. The lowest BCUT2D eigenvalue weighted by molar-refractivity contribution is 0.0995. The predicted molar refractivity (Wildman–Crippen MR) is 49.4 cm³/mol. The van der Waals surface area contributed by atoms with E-state index >= 15 is 0 Å². The zero-order chi connectivity index (χ0) is 9.84. The van der Waals surface area contributed by atoms with Gasteiger partial charge >= 0.3 is 0 Å². The van der Waals surface area contributed by atoms with E-state index in [1.54, 1.807) is 12.1 Å². The van der Waals surface area contributed by atoms with Crippen LogP contribution in [0.2, 0.25) is 0 Å². The molecule has 1 unspecified atom stereocenters. The Hall–Kier alpha value is -1.49. The summed E-state index contributed by atoms with van der Waals surface area (Å²) >= 11 is 0. The average Bonchev–Trinajstić information content (AvgIpc) is 2.17. The number of amides is 1. The quantitative estimate of drug-likeness (QED) is 0.762. The van der Waals surface area contributed by atoms with Gasteiger partial charge in [0.2, 0.25) is 0 Å². The molecule has 1 heterocycles. The highest BCUT2D eigenvalue weighted by molar-refractivity contribution is 7.87. The number of carbonyl (C=O) groups is 1. The summed E-state index contributed by atoms with van der Waals surface area (Å²) in [6, 6.07) is 4.58. The minimum Gasteiger partial charge on any atom is -0.364 e. The Kier molecular flexibility index (Phi) is 2.92. The molecule has 1 aromatic heterocycles. The van der Waals surface area contributed by atoms with Gasteiger partial charge in [0.1, 0.15) is 10.7 Å². The van der Waals surface area contributed by atoms with Gasteiger partial charge in [-0.15, -0.1) is 0 Å². The fourth-order valence-corrected chi connectivity index (χ4v) is 1.32. The summed E-state index contributed by atoms with van der Waals surface area (Å²) < 4.78 is 11.2. The predicted octanol–water partition coefficient (Wildman–Crippen LogP) is 0.432. The molecule has 0 spiro atoms. The van der Waals surface area contributed by atoms with Gasteiger partial charge < -0.3 is 5.73 Å². The molecular formula is C8H8N2O2S. The first-order valence-electron chi connectivity index (χ1n) is 3.45. The number of nitrogens with two attached hydrogens (primary N) is 1. The van der Waals surface area contributed by atoms with E-state index in [-0.39, 0.29) is 10.7 Å². The Bertz CT molecular complexity index is 376.